The Morgan fingerprint density at radius 1 is 1.03 bits per heavy atom. The van der Waals surface area contributed by atoms with Gasteiger partial charge in [0.2, 0.25) is 0 Å². The van der Waals surface area contributed by atoms with E-state index in [1.54, 1.807) is 24.3 Å². The molecule has 2 aromatic carbocycles. The summed E-state index contributed by atoms with van der Waals surface area (Å²) in [5.74, 6) is -0.194. The van der Waals surface area contributed by atoms with Crippen molar-refractivity contribution in [3.05, 3.63) is 65.2 Å². The van der Waals surface area contributed by atoms with Gasteiger partial charge in [0.1, 0.15) is 17.3 Å². The Hall–Kier alpha value is -3.28. The van der Waals surface area contributed by atoms with Gasteiger partial charge in [-0.2, -0.15) is 0 Å². The van der Waals surface area contributed by atoms with Gasteiger partial charge >= 0.3 is 0 Å². The van der Waals surface area contributed by atoms with Gasteiger partial charge in [0, 0.05) is 12.1 Å². The number of hydrogen-bond donors (Lipinski definition) is 1. The maximum absolute atomic E-state index is 12.9. The lowest BCUT2D eigenvalue weighted by Gasteiger charge is -2.25. The number of benzene rings is 2. The minimum absolute atomic E-state index is 0.0892. The summed E-state index contributed by atoms with van der Waals surface area (Å²) in [5.41, 5.74) is 1.27. The molecule has 1 unspecified atom stereocenters. The van der Waals surface area contributed by atoms with E-state index in [-0.39, 0.29) is 11.3 Å². The highest BCUT2D eigenvalue weighted by atomic mass is 16.5. The van der Waals surface area contributed by atoms with Crippen LogP contribution in [-0.2, 0) is 9.59 Å². The van der Waals surface area contributed by atoms with Gasteiger partial charge in [0.25, 0.3) is 11.7 Å². The second-order valence-corrected chi connectivity index (χ2v) is 7.50. The molecule has 0 saturated carbocycles. The summed E-state index contributed by atoms with van der Waals surface area (Å²) >= 11 is 0. The van der Waals surface area contributed by atoms with Gasteiger partial charge in [-0.15, -0.1) is 0 Å². The van der Waals surface area contributed by atoms with Crippen LogP contribution in [0.1, 0.15) is 50.3 Å². The average Bonchev–Trinajstić information content (AvgIpc) is 3.04. The molecule has 0 spiro atoms. The summed E-state index contributed by atoms with van der Waals surface area (Å²) in [4.78, 5) is 27.2. The first-order chi connectivity index (χ1) is 15.0. The fourth-order valence-corrected chi connectivity index (χ4v) is 3.70. The predicted molar refractivity (Wildman–Crippen MR) is 119 cm³/mol. The summed E-state index contributed by atoms with van der Waals surface area (Å²) < 4.78 is 11.0. The van der Waals surface area contributed by atoms with Crippen molar-refractivity contribution < 1.29 is 24.2 Å². The van der Waals surface area contributed by atoms with E-state index in [1.807, 2.05) is 31.2 Å². The standard InChI is InChI=1S/C25H29NO5/c1-4-6-15-31-19-12-10-17(11-13-19)22-21(24(28)25(29)26(22)14-5-2)23(27)18-8-7-9-20(16-18)30-3/h7-13,16,22,27H,4-6,14-15H2,1-3H3/b23-21-. The molecule has 31 heavy (non-hydrogen) atoms. The average molecular weight is 424 g/mol. The number of carbonyl (C=O) groups is 2. The fourth-order valence-electron chi connectivity index (χ4n) is 3.70. The lowest BCUT2D eigenvalue weighted by molar-refractivity contribution is -0.139. The zero-order valence-corrected chi connectivity index (χ0v) is 18.3. The van der Waals surface area contributed by atoms with Crippen LogP contribution in [0.5, 0.6) is 11.5 Å². The number of aliphatic hydroxyl groups excluding tert-OH is 1. The number of ether oxygens (including phenoxy) is 2. The molecular weight excluding hydrogens is 394 g/mol. The Kier molecular flexibility index (Phi) is 7.34. The van der Waals surface area contributed by atoms with E-state index in [1.165, 1.54) is 12.0 Å². The van der Waals surface area contributed by atoms with Gasteiger partial charge in [-0.1, -0.05) is 44.5 Å². The lowest BCUT2D eigenvalue weighted by Crippen LogP contribution is -2.30. The number of rotatable bonds is 9. The van der Waals surface area contributed by atoms with E-state index >= 15 is 0 Å². The van der Waals surface area contributed by atoms with Gasteiger partial charge in [-0.05, 0) is 42.7 Å². The summed E-state index contributed by atoms with van der Waals surface area (Å²) in [6, 6.07) is 13.5. The number of amides is 1. The quantitative estimate of drug-likeness (QED) is 0.274. The number of carbonyl (C=O) groups excluding carboxylic acids is 2. The van der Waals surface area contributed by atoms with Crippen LogP contribution in [0.4, 0.5) is 0 Å². The number of hydrogen-bond acceptors (Lipinski definition) is 5. The third-order valence-electron chi connectivity index (χ3n) is 5.31. The third kappa shape index (κ3) is 4.74. The van der Waals surface area contributed by atoms with Crippen LogP contribution in [-0.4, -0.2) is 42.0 Å². The highest BCUT2D eigenvalue weighted by molar-refractivity contribution is 6.46. The molecular formula is C25H29NO5. The normalized spacial score (nSPS) is 17.8. The molecule has 0 radical (unpaired) electrons. The monoisotopic (exact) mass is 423 g/mol. The topological polar surface area (TPSA) is 76.1 Å². The predicted octanol–water partition coefficient (Wildman–Crippen LogP) is 4.71. The Morgan fingerprint density at radius 2 is 1.77 bits per heavy atom. The van der Waals surface area contributed by atoms with Crippen molar-refractivity contribution in [2.24, 2.45) is 0 Å². The van der Waals surface area contributed by atoms with E-state index in [0.29, 0.717) is 30.9 Å². The van der Waals surface area contributed by atoms with Crippen molar-refractivity contribution in [1.29, 1.82) is 0 Å². The highest BCUT2D eigenvalue weighted by Gasteiger charge is 2.45. The van der Waals surface area contributed by atoms with E-state index in [4.69, 9.17) is 9.47 Å². The van der Waals surface area contributed by atoms with Crippen molar-refractivity contribution in [1.82, 2.24) is 4.90 Å². The molecule has 1 amide bonds. The van der Waals surface area contributed by atoms with Gasteiger partial charge < -0.3 is 19.5 Å². The SMILES string of the molecule is CCCCOc1ccc(C2/C(=C(/O)c3cccc(OC)c3)C(=O)C(=O)N2CCC)cc1. The van der Waals surface area contributed by atoms with Crippen LogP contribution in [0.25, 0.3) is 5.76 Å². The lowest BCUT2D eigenvalue weighted by atomic mass is 9.95. The van der Waals surface area contributed by atoms with Crippen molar-refractivity contribution >= 4 is 17.4 Å². The summed E-state index contributed by atoms with van der Waals surface area (Å²) in [7, 11) is 1.53. The number of methoxy groups -OCH3 is 1. The molecule has 0 aromatic heterocycles. The van der Waals surface area contributed by atoms with Gasteiger partial charge in [0.15, 0.2) is 0 Å². The molecule has 2 aromatic rings. The molecule has 1 saturated heterocycles. The van der Waals surface area contributed by atoms with Crippen LogP contribution >= 0.6 is 0 Å². The Balaban J connectivity index is 2.04. The highest BCUT2D eigenvalue weighted by Crippen LogP contribution is 2.40. The molecule has 6 nitrogen and oxygen atoms in total. The van der Waals surface area contributed by atoms with Crippen molar-refractivity contribution in [2.45, 2.75) is 39.2 Å². The van der Waals surface area contributed by atoms with Crippen LogP contribution in [0.2, 0.25) is 0 Å². The van der Waals surface area contributed by atoms with Crippen molar-refractivity contribution in [3.63, 3.8) is 0 Å². The smallest absolute Gasteiger partial charge is 0.295 e. The van der Waals surface area contributed by atoms with Crippen LogP contribution < -0.4 is 9.47 Å². The maximum Gasteiger partial charge on any atom is 0.295 e. The Morgan fingerprint density at radius 3 is 2.42 bits per heavy atom. The molecule has 0 bridgehead atoms. The second-order valence-electron chi connectivity index (χ2n) is 7.50. The van der Waals surface area contributed by atoms with E-state index in [9.17, 15) is 14.7 Å². The number of ketones is 1. The summed E-state index contributed by atoms with van der Waals surface area (Å²) in [6.45, 7) is 5.10. The maximum atomic E-state index is 12.9. The first kappa shape index (κ1) is 22.4. The zero-order valence-electron chi connectivity index (χ0n) is 18.3. The number of Topliss-reactive ketones (excluding diaryl/α,β-unsaturated/α-hetero) is 1. The molecule has 164 valence electrons. The second kappa shape index (κ2) is 10.2. The fraction of sp³-hybridized carbons (Fsp3) is 0.360. The van der Waals surface area contributed by atoms with Crippen LogP contribution in [0.3, 0.4) is 0 Å². The molecule has 1 fully saturated rings. The number of likely N-dealkylation sites (tertiary alicyclic amines) is 1. The van der Waals surface area contributed by atoms with Crippen LogP contribution in [0.15, 0.2) is 54.1 Å². The summed E-state index contributed by atoms with van der Waals surface area (Å²) in [5, 5.41) is 11.0. The molecule has 0 aliphatic carbocycles. The molecule has 6 heteroatoms. The number of nitrogens with zero attached hydrogens (tertiary/aromatic N) is 1. The molecule has 1 atom stereocenters. The molecule has 1 heterocycles. The zero-order chi connectivity index (χ0) is 22.4. The first-order valence-electron chi connectivity index (χ1n) is 10.7. The Labute approximate surface area is 183 Å². The van der Waals surface area contributed by atoms with Gasteiger partial charge in [-0.25, -0.2) is 0 Å². The van der Waals surface area contributed by atoms with Crippen molar-refractivity contribution in [2.75, 3.05) is 20.3 Å². The third-order valence-corrected chi connectivity index (χ3v) is 5.31. The Bertz CT molecular complexity index is 964. The van der Waals surface area contributed by atoms with Gasteiger partial charge in [-0.3, -0.25) is 9.59 Å². The first-order valence-corrected chi connectivity index (χ1v) is 10.7. The molecule has 3 rings (SSSR count). The van der Waals surface area contributed by atoms with E-state index in [0.717, 1.165) is 24.2 Å². The van der Waals surface area contributed by atoms with E-state index in [2.05, 4.69) is 6.92 Å². The minimum atomic E-state index is -0.679. The molecule has 1 N–H and O–H groups in total. The van der Waals surface area contributed by atoms with E-state index < -0.39 is 17.7 Å². The largest absolute Gasteiger partial charge is 0.507 e. The number of aliphatic hydroxyl groups is 1. The molecule has 1 aliphatic rings. The van der Waals surface area contributed by atoms with Crippen LogP contribution in [0, 0.1) is 0 Å². The minimum Gasteiger partial charge on any atom is -0.507 e. The molecule has 1 aliphatic heterocycles. The van der Waals surface area contributed by atoms with Crippen molar-refractivity contribution in [3.8, 4) is 11.5 Å². The number of unbranched alkanes of at least 4 members (excludes halogenated alkanes) is 1. The van der Waals surface area contributed by atoms with Gasteiger partial charge in [0.05, 0.1) is 25.3 Å². The summed E-state index contributed by atoms with van der Waals surface area (Å²) in [6.07, 6.45) is 2.72.